The summed E-state index contributed by atoms with van der Waals surface area (Å²) >= 11 is 0. The van der Waals surface area contributed by atoms with E-state index in [4.69, 9.17) is 0 Å². The smallest absolute Gasteiger partial charge is 0.0491 e. The highest BCUT2D eigenvalue weighted by atomic mass is 16.3. The van der Waals surface area contributed by atoms with Crippen LogP contribution in [0, 0.1) is 11.3 Å². The van der Waals surface area contributed by atoms with Crippen molar-refractivity contribution in [2.24, 2.45) is 11.3 Å². The van der Waals surface area contributed by atoms with Crippen molar-refractivity contribution >= 4 is 0 Å². The number of fused-ring (bicyclic) bond motifs is 1. The molecule has 1 heterocycles. The molecule has 1 aliphatic heterocycles. The molecule has 2 unspecified atom stereocenters. The lowest BCUT2D eigenvalue weighted by Crippen LogP contribution is -2.47. The van der Waals surface area contributed by atoms with Gasteiger partial charge in [0.1, 0.15) is 0 Å². The average Bonchev–Trinajstić information content (AvgIpc) is 2.75. The molecule has 0 aromatic carbocycles. The van der Waals surface area contributed by atoms with Gasteiger partial charge in [0.25, 0.3) is 0 Å². The maximum Gasteiger partial charge on any atom is 0.0491 e. The summed E-state index contributed by atoms with van der Waals surface area (Å²) in [5.41, 5.74) is 0.659. The van der Waals surface area contributed by atoms with Crippen LogP contribution in [0.1, 0.15) is 33.6 Å². The van der Waals surface area contributed by atoms with E-state index in [9.17, 15) is 5.11 Å². The van der Waals surface area contributed by atoms with Crippen molar-refractivity contribution in [3.63, 3.8) is 0 Å². The zero-order valence-corrected chi connectivity index (χ0v) is 9.01. The van der Waals surface area contributed by atoms with Crippen LogP contribution >= 0.6 is 0 Å². The van der Waals surface area contributed by atoms with Crippen molar-refractivity contribution in [3.8, 4) is 0 Å². The Morgan fingerprint density at radius 3 is 2.62 bits per heavy atom. The van der Waals surface area contributed by atoms with Gasteiger partial charge in [0.05, 0.1) is 0 Å². The third-order valence-electron chi connectivity index (χ3n) is 3.94. The number of aliphatic hydroxyl groups is 1. The van der Waals surface area contributed by atoms with E-state index in [2.05, 4.69) is 25.7 Å². The molecule has 2 heteroatoms. The van der Waals surface area contributed by atoms with Crippen LogP contribution in [0.4, 0.5) is 0 Å². The highest BCUT2D eigenvalue weighted by Gasteiger charge is 2.56. The lowest BCUT2D eigenvalue weighted by atomic mass is 9.93. The first-order valence-corrected chi connectivity index (χ1v) is 5.34. The van der Waals surface area contributed by atoms with Crippen molar-refractivity contribution in [3.05, 3.63) is 0 Å². The molecule has 13 heavy (non-hydrogen) atoms. The number of likely N-dealkylation sites (tertiary alicyclic amines) is 1. The van der Waals surface area contributed by atoms with Gasteiger partial charge >= 0.3 is 0 Å². The Morgan fingerprint density at radius 1 is 1.46 bits per heavy atom. The summed E-state index contributed by atoms with van der Waals surface area (Å²) < 4.78 is 0. The van der Waals surface area contributed by atoms with E-state index >= 15 is 0 Å². The van der Waals surface area contributed by atoms with Crippen LogP contribution in [0.5, 0.6) is 0 Å². The summed E-state index contributed by atoms with van der Waals surface area (Å²) in [7, 11) is 0. The molecule has 2 fully saturated rings. The predicted octanol–water partition coefficient (Wildman–Crippen LogP) is 1.49. The van der Waals surface area contributed by atoms with Gasteiger partial charge in [0.2, 0.25) is 0 Å². The Hall–Kier alpha value is -0.0800. The van der Waals surface area contributed by atoms with Crippen LogP contribution in [-0.2, 0) is 0 Å². The maximum absolute atomic E-state index is 9.26. The zero-order valence-electron chi connectivity index (χ0n) is 9.01. The third kappa shape index (κ3) is 1.50. The van der Waals surface area contributed by atoms with Gasteiger partial charge in [0, 0.05) is 18.7 Å². The Bertz CT molecular complexity index is 209. The van der Waals surface area contributed by atoms with E-state index in [0.717, 1.165) is 5.92 Å². The zero-order chi connectivity index (χ0) is 9.69. The standard InChI is InChI=1S/C11H21NO/c1-10(2,3)12-5-4-11(8-13)6-9(11)7-12/h9,13H,4-8H2,1-3H3. The number of hydrogen-bond acceptors (Lipinski definition) is 2. The molecule has 0 aromatic heterocycles. The molecule has 1 N–H and O–H groups in total. The fourth-order valence-corrected chi connectivity index (χ4v) is 2.59. The number of hydrogen-bond donors (Lipinski definition) is 1. The molecule has 2 nitrogen and oxygen atoms in total. The molecule has 1 saturated carbocycles. The fraction of sp³-hybridized carbons (Fsp3) is 1.00. The van der Waals surface area contributed by atoms with Crippen molar-refractivity contribution in [2.75, 3.05) is 19.7 Å². The normalized spacial score (nSPS) is 40.2. The Labute approximate surface area is 80.9 Å². The van der Waals surface area contributed by atoms with E-state index in [0.29, 0.717) is 17.6 Å². The third-order valence-corrected chi connectivity index (χ3v) is 3.94. The number of rotatable bonds is 1. The van der Waals surface area contributed by atoms with E-state index < -0.39 is 0 Å². The van der Waals surface area contributed by atoms with Gasteiger partial charge in [-0.1, -0.05) is 0 Å². The molecular formula is C11H21NO. The van der Waals surface area contributed by atoms with Crippen LogP contribution in [0.2, 0.25) is 0 Å². The maximum atomic E-state index is 9.26. The van der Waals surface area contributed by atoms with Crippen LogP contribution in [0.3, 0.4) is 0 Å². The minimum Gasteiger partial charge on any atom is -0.396 e. The molecule has 1 aliphatic carbocycles. The summed E-state index contributed by atoms with van der Waals surface area (Å²) in [6.07, 6.45) is 2.46. The molecule has 2 aliphatic rings. The summed E-state index contributed by atoms with van der Waals surface area (Å²) in [6.45, 7) is 9.62. The van der Waals surface area contributed by atoms with E-state index in [1.807, 2.05) is 0 Å². The second-order valence-corrected chi connectivity index (χ2v) is 5.79. The second kappa shape index (κ2) is 2.71. The fourth-order valence-electron chi connectivity index (χ4n) is 2.59. The Morgan fingerprint density at radius 2 is 2.15 bits per heavy atom. The van der Waals surface area contributed by atoms with Gasteiger partial charge in [-0.25, -0.2) is 0 Å². The number of nitrogens with zero attached hydrogens (tertiary/aromatic N) is 1. The SMILES string of the molecule is CC(C)(C)N1CCC2(CO)CC2C1. The van der Waals surface area contributed by atoms with Crippen molar-refractivity contribution < 1.29 is 5.11 Å². The van der Waals surface area contributed by atoms with Gasteiger partial charge in [-0.15, -0.1) is 0 Å². The molecule has 0 amide bonds. The van der Waals surface area contributed by atoms with Gasteiger partial charge in [-0.2, -0.15) is 0 Å². The molecule has 0 spiro atoms. The number of aliphatic hydroxyl groups excluding tert-OH is 1. The molecule has 0 aromatic rings. The molecule has 1 saturated heterocycles. The van der Waals surface area contributed by atoms with Crippen LogP contribution < -0.4 is 0 Å². The minimum atomic E-state index is 0.310. The molecule has 0 radical (unpaired) electrons. The molecule has 2 atom stereocenters. The number of piperidine rings is 1. The molecular weight excluding hydrogens is 162 g/mol. The Balaban J connectivity index is 1.97. The largest absolute Gasteiger partial charge is 0.396 e. The monoisotopic (exact) mass is 183 g/mol. The van der Waals surface area contributed by atoms with E-state index in [1.165, 1.54) is 25.9 Å². The summed E-state index contributed by atoms with van der Waals surface area (Å²) in [5, 5.41) is 9.26. The second-order valence-electron chi connectivity index (χ2n) is 5.79. The van der Waals surface area contributed by atoms with Gasteiger partial charge in [-0.05, 0) is 51.5 Å². The molecule has 0 bridgehead atoms. The van der Waals surface area contributed by atoms with Crippen LogP contribution in [0.15, 0.2) is 0 Å². The molecule has 2 rings (SSSR count). The first-order chi connectivity index (χ1) is 5.98. The lowest BCUT2D eigenvalue weighted by Gasteiger charge is -2.40. The lowest BCUT2D eigenvalue weighted by molar-refractivity contribution is 0.0623. The first kappa shape index (κ1) is 9.47. The summed E-state index contributed by atoms with van der Waals surface area (Å²) in [5.74, 6) is 0.783. The average molecular weight is 183 g/mol. The highest BCUT2D eigenvalue weighted by Crippen LogP contribution is 2.58. The van der Waals surface area contributed by atoms with E-state index in [-0.39, 0.29) is 0 Å². The van der Waals surface area contributed by atoms with Gasteiger partial charge in [-0.3, -0.25) is 4.90 Å². The van der Waals surface area contributed by atoms with Gasteiger partial charge < -0.3 is 5.11 Å². The topological polar surface area (TPSA) is 23.5 Å². The quantitative estimate of drug-likeness (QED) is 0.666. The van der Waals surface area contributed by atoms with Crippen molar-refractivity contribution in [1.82, 2.24) is 4.90 Å². The predicted molar refractivity (Wildman–Crippen MR) is 53.6 cm³/mol. The Kier molecular flexibility index (Phi) is 1.97. The van der Waals surface area contributed by atoms with Crippen molar-refractivity contribution in [1.29, 1.82) is 0 Å². The minimum absolute atomic E-state index is 0.310. The molecule has 76 valence electrons. The summed E-state index contributed by atoms with van der Waals surface area (Å²) in [6, 6.07) is 0. The van der Waals surface area contributed by atoms with Crippen molar-refractivity contribution in [2.45, 2.75) is 39.2 Å². The van der Waals surface area contributed by atoms with Crippen LogP contribution in [0.25, 0.3) is 0 Å². The summed E-state index contributed by atoms with van der Waals surface area (Å²) in [4.78, 5) is 2.55. The van der Waals surface area contributed by atoms with E-state index in [1.54, 1.807) is 0 Å². The first-order valence-electron chi connectivity index (χ1n) is 5.34. The van der Waals surface area contributed by atoms with Crippen LogP contribution in [-0.4, -0.2) is 35.2 Å². The highest BCUT2D eigenvalue weighted by molar-refractivity contribution is 5.07. The van der Waals surface area contributed by atoms with Gasteiger partial charge in [0.15, 0.2) is 0 Å².